The van der Waals surface area contributed by atoms with Crippen LogP contribution in [-0.2, 0) is 4.79 Å². The third kappa shape index (κ3) is 1.87. The van der Waals surface area contributed by atoms with E-state index in [9.17, 15) is 9.90 Å². The molecule has 1 amide bonds. The molecule has 2 rings (SSSR count). The number of fused-ring (bicyclic) bond motifs is 1. The molecule has 0 bridgehead atoms. The van der Waals surface area contributed by atoms with Gasteiger partial charge in [0.25, 0.3) is 5.91 Å². The Morgan fingerprint density at radius 3 is 2.94 bits per heavy atom. The van der Waals surface area contributed by atoms with E-state index in [0.29, 0.717) is 5.56 Å². The number of nitrogens with zero attached hydrogens (tertiary/aromatic N) is 1. The van der Waals surface area contributed by atoms with Crippen LogP contribution in [0.4, 0.5) is 0 Å². The average Bonchev–Trinajstić information content (AvgIpc) is 2.36. The SMILES string of the molecule is CNC(=O)C(O)c1cnc2ccccc2c1. The fraction of sp³-hybridized carbons (Fsp3) is 0.167. The predicted octanol–water partition coefficient (Wildman–Crippen LogP) is 1.01. The highest BCUT2D eigenvalue weighted by Crippen LogP contribution is 2.17. The van der Waals surface area contributed by atoms with Crippen LogP contribution in [0, 0.1) is 0 Å². The monoisotopic (exact) mass is 216 g/mol. The second-order valence-corrected chi connectivity index (χ2v) is 3.48. The minimum absolute atomic E-state index is 0.433. The van der Waals surface area contributed by atoms with Crippen molar-refractivity contribution in [3.8, 4) is 0 Å². The molecule has 82 valence electrons. The van der Waals surface area contributed by atoms with Crippen LogP contribution in [0.2, 0.25) is 0 Å². The molecule has 0 saturated heterocycles. The van der Waals surface area contributed by atoms with Crippen LogP contribution in [0.3, 0.4) is 0 Å². The second-order valence-electron chi connectivity index (χ2n) is 3.48. The van der Waals surface area contributed by atoms with E-state index in [-0.39, 0.29) is 0 Å². The van der Waals surface area contributed by atoms with E-state index in [1.165, 1.54) is 13.2 Å². The summed E-state index contributed by atoms with van der Waals surface area (Å²) in [4.78, 5) is 15.4. The maximum absolute atomic E-state index is 11.3. The summed E-state index contributed by atoms with van der Waals surface area (Å²) in [6.07, 6.45) is 0.351. The van der Waals surface area contributed by atoms with Gasteiger partial charge in [-0.3, -0.25) is 9.78 Å². The third-order valence-electron chi connectivity index (χ3n) is 2.42. The molecule has 1 atom stereocenters. The van der Waals surface area contributed by atoms with Gasteiger partial charge in [0.15, 0.2) is 6.10 Å². The fourth-order valence-electron chi connectivity index (χ4n) is 1.53. The first-order chi connectivity index (χ1) is 7.72. The van der Waals surface area contributed by atoms with Gasteiger partial charge in [-0.1, -0.05) is 18.2 Å². The van der Waals surface area contributed by atoms with Crippen LogP contribution in [0.15, 0.2) is 36.5 Å². The summed E-state index contributed by atoms with van der Waals surface area (Å²) in [5.41, 5.74) is 1.34. The van der Waals surface area contributed by atoms with Gasteiger partial charge in [-0.05, 0) is 12.1 Å². The Morgan fingerprint density at radius 2 is 2.19 bits per heavy atom. The summed E-state index contributed by atoms with van der Waals surface area (Å²) < 4.78 is 0. The van der Waals surface area contributed by atoms with Gasteiger partial charge in [0.1, 0.15) is 0 Å². The Labute approximate surface area is 92.9 Å². The van der Waals surface area contributed by atoms with Crippen molar-refractivity contribution in [3.63, 3.8) is 0 Å². The van der Waals surface area contributed by atoms with Crippen LogP contribution in [0.5, 0.6) is 0 Å². The average molecular weight is 216 g/mol. The lowest BCUT2D eigenvalue weighted by molar-refractivity contribution is -0.129. The molecule has 4 heteroatoms. The minimum Gasteiger partial charge on any atom is -0.378 e. The van der Waals surface area contributed by atoms with Crippen molar-refractivity contribution in [1.29, 1.82) is 0 Å². The van der Waals surface area contributed by atoms with Crippen molar-refractivity contribution in [3.05, 3.63) is 42.1 Å². The summed E-state index contributed by atoms with van der Waals surface area (Å²) in [5, 5.41) is 13.0. The number of amides is 1. The summed E-state index contributed by atoms with van der Waals surface area (Å²) in [6, 6.07) is 9.32. The number of para-hydroxylation sites is 1. The highest BCUT2D eigenvalue weighted by atomic mass is 16.3. The topological polar surface area (TPSA) is 62.2 Å². The number of rotatable bonds is 2. The Bertz CT molecular complexity index is 525. The van der Waals surface area contributed by atoms with Gasteiger partial charge in [0.2, 0.25) is 0 Å². The van der Waals surface area contributed by atoms with E-state index in [1.807, 2.05) is 24.3 Å². The van der Waals surface area contributed by atoms with Crippen LogP contribution < -0.4 is 5.32 Å². The van der Waals surface area contributed by atoms with Gasteiger partial charge in [-0.15, -0.1) is 0 Å². The Balaban J connectivity index is 2.43. The second kappa shape index (κ2) is 4.28. The third-order valence-corrected chi connectivity index (χ3v) is 2.42. The van der Waals surface area contributed by atoms with Gasteiger partial charge >= 0.3 is 0 Å². The molecule has 1 aromatic carbocycles. The van der Waals surface area contributed by atoms with E-state index >= 15 is 0 Å². The quantitative estimate of drug-likeness (QED) is 0.787. The number of hydrogen-bond donors (Lipinski definition) is 2. The molecule has 0 aliphatic rings. The Kier molecular flexibility index (Phi) is 2.83. The Morgan fingerprint density at radius 1 is 1.44 bits per heavy atom. The first-order valence-electron chi connectivity index (χ1n) is 4.96. The van der Waals surface area contributed by atoms with E-state index in [0.717, 1.165) is 10.9 Å². The van der Waals surface area contributed by atoms with Crippen LogP contribution >= 0.6 is 0 Å². The number of aliphatic hydroxyl groups is 1. The van der Waals surface area contributed by atoms with Gasteiger partial charge < -0.3 is 10.4 Å². The van der Waals surface area contributed by atoms with Crippen molar-refractivity contribution in [2.75, 3.05) is 7.05 Å². The lowest BCUT2D eigenvalue weighted by Crippen LogP contribution is -2.25. The highest BCUT2D eigenvalue weighted by molar-refractivity contribution is 5.84. The van der Waals surface area contributed by atoms with E-state index in [4.69, 9.17) is 0 Å². The van der Waals surface area contributed by atoms with Crippen LogP contribution in [0.25, 0.3) is 10.9 Å². The Hall–Kier alpha value is -1.94. The molecular weight excluding hydrogens is 204 g/mol. The highest BCUT2D eigenvalue weighted by Gasteiger charge is 2.16. The zero-order valence-electron chi connectivity index (χ0n) is 8.84. The number of benzene rings is 1. The lowest BCUT2D eigenvalue weighted by Gasteiger charge is -2.09. The maximum Gasteiger partial charge on any atom is 0.253 e. The zero-order valence-corrected chi connectivity index (χ0v) is 8.84. The number of carbonyl (C=O) groups is 1. The first-order valence-corrected chi connectivity index (χ1v) is 4.96. The van der Waals surface area contributed by atoms with Crippen molar-refractivity contribution in [1.82, 2.24) is 10.3 Å². The van der Waals surface area contributed by atoms with Crippen LogP contribution in [-0.4, -0.2) is 23.0 Å². The molecule has 1 aromatic heterocycles. The summed E-state index contributed by atoms with van der Waals surface area (Å²) >= 11 is 0. The molecular formula is C12H12N2O2. The maximum atomic E-state index is 11.3. The fourth-order valence-corrected chi connectivity index (χ4v) is 1.53. The van der Waals surface area contributed by atoms with E-state index in [2.05, 4.69) is 10.3 Å². The molecule has 0 saturated carbocycles. The summed E-state index contributed by atoms with van der Waals surface area (Å²) in [5.74, 6) is -0.433. The van der Waals surface area contributed by atoms with Crippen molar-refractivity contribution < 1.29 is 9.90 Å². The van der Waals surface area contributed by atoms with Gasteiger partial charge in [0, 0.05) is 24.2 Å². The van der Waals surface area contributed by atoms with Gasteiger partial charge in [0.05, 0.1) is 5.52 Å². The van der Waals surface area contributed by atoms with Crippen molar-refractivity contribution in [2.45, 2.75) is 6.10 Å². The van der Waals surface area contributed by atoms with Crippen molar-refractivity contribution in [2.24, 2.45) is 0 Å². The molecule has 0 radical (unpaired) electrons. The molecule has 2 aromatic rings. The van der Waals surface area contributed by atoms with Gasteiger partial charge in [-0.25, -0.2) is 0 Å². The lowest BCUT2D eigenvalue weighted by atomic mass is 10.1. The molecule has 0 aliphatic heterocycles. The number of pyridine rings is 1. The molecule has 1 heterocycles. The number of likely N-dealkylation sites (N-methyl/N-ethyl adjacent to an activating group) is 1. The number of aliphatic hydroxyl groups excluding tert-OH is 1. The predicted molar refractivity (Wildman–Crippen MR) is 60.8 cm³/mol. The standard InChI is InChI=1S/C12H12N2O2/c1-13-12(16)11(15)9-6-8-4-2-3-5-10(8)14-7-9/h2-7,11,15H,1H3,(H,13,16). The summed E-state index contributed by atoms with van der Waals surface area (Å²) in [7, 11) is 1.49. The normalized spacial score (nSPS) is 12.4. The molecule has 4 nitrogen and oxygen atoms in total. The molecule has 0 aliphatic carbocycles. The summed E-state index contributed by atoms with van der Waals surface area (Å²) in [6.45, 7) is 0. The number of hydrogen-bond acceptors (Lipinski definition) is 3. The van der Waals surface area contributed by atoms with Crippen molar-refractivity contribution >= 4 is 16.8 Å². The number of nitrogens with one attached hydrogen (secondary N) is 1. The largest absolute Gasteiger partial charge is 0.378 e. The minimum atomic E-state index is -1.16. The molecule has 2 N–H and O–H groups in total. The van der Waals surface area contributed by atoms with Gasteiger partial charge in [-0.2, -0.15) is 0 Å². The van der Waals surface area contributed by atoms with Crippen LogP contribution in [0.1, 0.15) is 11.7 Å². The van der Waals surface area contributed by atoms with E-state index < -0.39 is 12.0 Å². The first kappa shape index (κ1) is 10.6. The van der Waals surface area contributed by atoms with E-state index in [1.54, 1.807) is 6.07 Å². The molecule has 16 heavy (non-hydrogen) atoms. The number of aromatic nitrogens is 1. The smallest absolute Gasteiger partial charge is 0.253 e. The molecule has 0 fully saturated rings. The zero-order chi connectivity index (χ0) is 11.5. The number of carbonyl (C=O) groups excluding carboxylic acids is 1. The molecule has 1 unspecified atom stereocenters. The molecule has 0 spiro atoms.